The Hall–Kier alpha value is -2.66. The molecule has 150 valence electrons. The monoisotopic (exact) mass is 390 g/mol. The fraction of sp³-hybridized carbons (Fsp3) is 0.417. The Morgan fingerprint density at radius 3 is 2.48 bits per heavy atom. The first-order valence-electron chi connectivity index (χ1n) is 10.6. The lowest BCUT2D eigenvalue weighted by atomic mass is 9.89. The lowest BCUT2D eigenvalue weighted by Gasteiger charge is -2.15. The molecule has 2 aliphatic rings. The number of carbonyl (C=O) groups excluding carboxylic acids is 2. The third-order valence-electron chi connectivity index (χ3n) is 6.65. The first kappa shape index (κ1) is 18.4. The lowest BCUT2D eigenvalue weighted by Crippen LogP contribution is -2.24. The minimum atomic E-state index is -0.369. The predicted molar refractivity (Wildman–Crippen MR) is 113 cm³/mol. The van der Waals surface area contributed by atoms with Gasteiger partial charge in [0.1, 0.15) is 0 Å². The zero-order valence-corrected chi connectivity index (χ0v) is 17.0. The van der Waals surface area contributed by atoms with E-state index in [1.807, 2.05) is 12.1 Å². The summed E-state index contributed by atoms with van der Waals surface area (Å²) < 4.78 is 2.35. The van der Waals surface area contributed by atoms with Crippen LogP contribution in [0.5, 0.6) is 0 Å². The van der Waals surface area contributed by atoms with E-state index in [0.29, 0.717) is 30.4 Å². The van der Waals surface area contributed by atoms with Crippen molar-refractivity contribution >= 4 is 33.6 Å². The van der Waals surface area contributed by atoms with Gasteiger partial charge in [0.15, 0.2) is 0 Å². The van der Waals surface area contributed by atoms with Crippen LogP contribution >= 0.6 is 0 Å². The van der Waals surface area contributed by atoms with E-state index in [9.17, 15) is 14.7 Å². The molecule has 1 aliphatic heterocycles. The van der Waals surface area contributed by atoms with Gasteiger partial charge in [-0.05, 0) is 49.3 Å². The molecule has 2 aromatic carbocycles. The fourth-order valence-corrected chi connectivity index (χ4v) is 5.18. The van der Waals surface area contributed by atoms with Crippen LogP contribution in [-0.2, 0) is 19.4 Å². The SMILES string of the molecule is CCCCn1c2ccccc2c2c3c(c4c(c21)CCC(O)CC4)C(=O)N(C)C3=O. The van der Waals surface area contributed by atoms with Crippen molar-refractivity contribution in [3.8, 4) is 0 Å². The largest absolute Gasteiger partial charge is 0.393 e. The third-order valence-corrected chi connectivity index (χ3v) is 6.65. The molecule has 3 aromatic rings. The number of fused-ring (bicyclic) bond motifs is 8. The van der Waals surface area contributed by atoms with Gasteiger partial charge >= 0.3 is 0 Å². The summed E-state index contributed by atoms with van der Waals surface area (Å²) in [6.07, 6.45) is 4.45. The summed E-state index contributed by atoms with van der Waals surface area (Å²) in [5.41, 5.74) is 5.48. The number of aromatic nitrogens is 1. The van der Waals surface area contributed by atoms with E-state index in [-0.39, 0.29) is 17.9 Å². The number of benzene rings is 2. The minimum Gasteiger partial charge on any atom is -0.393 e. The highest BCUT2D eigenvalue weighted by Crippen LogP contribution is 2.43. The second-order valence-corrected chi connectivity index (χ2v) is 8.35. The van der Waals surface area contributed by atoms with Crippen LogP contribution in [0.2, 0.25) is 0 Å². The van der Waals surface area contributed by atoms with Crippen molar-refractivity contribution in [2.24, 2.45) is 0 Å². The molecule has 1 aliphatic carbocycles. The molecular formula is C24H26N2O3. The van der Waals surface area contributed by atoms with Gasteiger partial charge in [0, 0.05) is 29.9 Å². The number of rotatable bonds is 3. The Morgan fingerprint density at radius 2 is 1.72 bits per heavy atom. The van der Waals surface area contributed by atoms with Crippen LogP contribution in [0.4, 0.5) is 0 Å². The molecule has 0 bridgehead atoms. The van der Waals surface area contributed by atoms with Gasteiger partial charge in [-0.3, -0.25) is 14.5 Å². The van der Waals surface area contributed by atoms with Gasteiger partial charge in [-0.1, -0.05) is 31.5 Å². The molecule has 5 heteroatoms. The van der Waals surface area contributed by atoms with Gasteiger partial charge < -0.3 is 9.67 Å². The van der Waals surface area contributed by atoms with Crippen LogP contribution in [0, 0.1) is 0 Å². The average molecular weight is 390 g/mol. The van der Waals surface area contributed by atoms with E-state index in [1.54, 1.807) is 7.05 Å². The smallest absolute Gasteiger partial charge is 0.262 e. The van der Waals surface area contributed by atoms with Crippen molar-refractivity contribution in [1.29, 1.82) is 0 Å². The molecule has 1 aromatic heterocycles. The Bertz CT molecular complexity index is 1170. The van der Waals surface area contributed by atoms with E-state index in [2.05, 4.69) is 23.6 Å². The number of hydrogen-bond donors (Lipinski definition) is 1. The van der Waals surface area contributed by atoms with Gasteiger partial charge in [0.2, 0.25) is 0 Å². The number of para-hydroxylation sites is 1. The van der Waals surface area contributed by atoms with Crippen molar-refractivity contribution in [2.45, 2.75) is 58.1 Å². The van der Waals surface area contributed by atoms with E-state index < -0.39 is 0 Å². The summed E-state index contributed by atoms with van der Waals surface area (Å²) in [6.45, 7) is 3.06. The molecule has 0 fully saturated rings. The van der Waals surface area contributed by atoms with E-state index in [4.69, 9.17) is 0 Å². The van der Waals surface area contributed by atoms with Crippen LogP contribution < -0.4 is 0 Å². The molecule has 2 amide bonds. The number of aliphatic hydroxyl groups is 1. The second kappa shape index (κ2) is 6.70. The summed E-state index contributed by atoms with van der Waals surface area (Å²) in [4.78, 5) is 27.5. The highest BCUT2D eigenvalue weighted by molar-refractivity contribution is 6.31. The summed E-state index contributed by atoms with van der Waals surface area (Å²) in [5, 5.41) is 12.3. The number of nitrogens with zero attached hydrogens (tertiary/aromatic N) is 2. The van der Waals surface area contributed by atoms with Gasteiger partial charge in [0.05, 0.1) is 22.7 Å². The van der Waals surface area contributed by atoms with Crippen molar-refractivity contribution in [2.75, 3.05) is 7.05 Å². The number of imide groups is 1. The van der Waals surface area contributed by atoms with Gasteiger partial charge in [0.25, 0.3) is 11.8 Å². The predicted octanol–water partition coefficient (Wildman–Crippen LogP) is 4.06. The molecule has 1 unspecified atom stereocenters. The molecule has 0 radical (unpaired) electrons. The summed E-state index contributed by atoms with van der Waals surface area (Å²) >= 11 is 0. The fourth-order valence-electron chi connectivity index (χ4n) is 5.18. The number of hydrogen-bond acceptors (Lipinski definition) is 3. The first-order chi connectivity index (χ1) is 14.0. The van der Waals surface area contributed by atoms with Crippen LogP contribution in [0.1, 0.15) is 64.4 Å². The van der Waals surface area contributed by atoms with E-state index in [0.717, 1.165) is 58.7 Å². The molecule has 2 heterocycles. The standard InChI is InChI=1S/C24H26N2O3/c1-3-4-13-26-18-8-6-5-7-17(18)19-21-20(23(28)25(2)24(21)29)15-11-9-14(27)10-12-16(15)22(19)26/h5-8,14,27H,3-4,9-13H2,1-2H3. The lowest BCUT2D eigenvalue weighted by molar-refractivity contribution is 0.0693. The Labute approximate surface area is 169 Å². The van der Waals surface area contributed by atoms with Crippen LogP contribution in [0.3, 0.4) is 0 Å². The number of aryl methyl sites for hydroxylation is 2. The average Bonchev–Trinajstić information content (AvgIpc) is 3.06. The molecule has 0 saturated heterocycles. The zero-order valence-electron chi connectivity index (χ0n) is 17.0. The molecule has 29 heavy (non-hydrogen) atoms. The summed E-state index contributed by atoms with van der Waals surface area (Å²) in [6, 6.07) is 8.21. The second-order valence-electron chi connectivity index (χ2n) is 8.35. The first-order valence-corrected chi connectivity index (χ1v) is 10.6. The summed E-state index contributed by atoms with van der Waals surface area (Å²) in [5.74, 6) is -0.411. The normalized spacial score (nSPS) is 19.1. The third kappa shape index (κ3) is 2.50. The van der Waals surface area contributed by atoms with Crippen LogP contribution in [-0.4, -0.2) is 39.5 Å². The molecular weight excluding hydrogens is 364 g/mol. The van der Waals surface area contributed by atoms with Gasteiger partial charge in [-0.15, -0.1) is 0 Å². The topological polar surface area (TPSA) is 62.5 Å². The van der Waals surface area contributed by atoms with Crippen molar-refractivity contribution < 1.29 is 14.7 Å². The van der Waals surface area contributed by atoms with Crippen LogP contribution in [0.25, 0.3) is 21.8 Å². The Kier molecular flexibility index (Phi) is 4.24. The molecule has 1 N–H and O–H groups in total. The van der Waals surface area contributed by atoms with Crippen molar-refractivity contribution in [3.05, 3.63) is 46.5 Å². The Morgan fingerprint density at radius 1 is 1.03 bits per heavy atom. The maximum atomic E-state index is 13.2. The number of unbranched alkanes of at least 4 members (excludes halogenated alkanes) is 1. The Balaban J connectivity index is 1.98. The van der Waals surface area contributed by atoms with Gasteiger partial charge in [-0.25, -0.2) is 0 Å². The van der Waals surface area contributed by atoms with E-state index in [1.165, 1.54) is 4.90 Å². The van der Waals surface area contributed by atoms with Gasteiger partial charge in [-0.2, -0.15) is 0 Å². The minimum absolute atomic E-state index is 0.204. The van der Waals surface area contributed by atoms with Crippen LogP contribution in [0.15, 0.2) is 24.3 Å². The van der Waals surface area contributed by atoms with Crippen molar-refractivity contribution in [1.82, 2.24) is 9.47 Å². The molecule has 0 saturated carbocycles. The highest BCUT2D eigenvalue weighted by Gasteiger charge is 2.40. The number of aliphatic hydroxyl groups excluding tert-OH is 1. The molecule has 5 rings (SSSR count). The van der Waals surface area contributed by atoms with E-state index >= 15 is 0 Å². The molecule has 1 atom stereocenters. The highest BCUT2D eigenvalue weighted by atomic mass is 16.3. The zero-order chi connectivity index (χ0) is 20.3. The van der Waals surface area contributed by atoms with Crippen molar-refractivity contribution in [3.63, 3.8) is 0 Å². The summed E-state index contributed by atoms with van der Waals surface area (Å²) in [7, 11) is 1.57. The number of carbonyl (C=O) groups is 2. The molecule has 5 nitrogen and oxygen atoms in total. The maximum absolute atomic E-state index is 13.2. The maximum Gasteiger partial charge on any atom is 0.262 e. The molecule has 0 spiro atoms. The quantitative estimate of drug-likeness (QED) is 0.542. The number of amides is 2.